The van der Waals surface area contributed by atoms with Crippen LogP contribution in [0.2, 0.25) is 0 Å². The summed E-state index contributed by atoms with van der Waals surface area (Å²) in [4.78, 5) is 5.29. The third-order valence-electron chi connectivity index (χ3n) is 2.62. The van der Waals surface area contributed by atoms with Crippen LogP contribution in [0.5, 0.6) is 0 Å². The molecule has 0 saturated carbocycles. The molecule has 2 aromatic heterocycles. The number of rotatable bonds is 5. The van der Waals surface area contributed by atoms with E-state index in [9.17, 15) is 5.11 Å². The van der Waals surface area contributed by atoms with Gasteiger partial charge in [0.1, 0.15) is 6.10 Å². The van der Waals surface area contributed by atoms with Crippen LogP contribution in [-0.2, 0) is 6.54 Å². The zero-order chi connectivity index (χ0) is 12.1. The quantitative estimate of drug-likeness (QED) is 0.853. The Bertz CT molecular complexity index is 456. The van der Waals surface area contributed by atoms with E-state index in [4.69, 9.17) is 0 Å². The number of pyridine rings is 1. The molecule has 2 heterocycles. The van der Waals surface area contributed by atoms with E-state index in [-0.39, 0.29) is 0 Å². The van der Waals surface area contributed by atoms with Crippen LogP contribution in [-0.4, -0.2) is 16.6 Å². The summed E-state index contributed by atoms with van der Waals surface area (Å²) >= 11 is 1.57. The van der Waals surface area contributed by atoms with Crippen molar-refractivity contribution in [1.82, 2.24) is 10.3 Å². The van der Waals surface area contributed by atoms with Crippen molar-refractivity contribution in [3.8, 4) is 0 Å². The van der Waals surface area contributed by atoms with E-state index in [0.29, 0.717) is 13.1 Å². The van der Waals surface area contributed by atoms with Gasteiger partial charge < -0.3 is 10.4 Å². The fourth-order valence-corrected chi connectivity index (χ4v) is 2.32. The standard InChI is InChI=1S/C13H16N2OS/c1-10-4-2-6-15-11(10)8-14-9-12(16)13-5-3-7-17-13/h2-7,12,14,16H,8-9H2,1H3. The highest BCUT2D eigenvalue weighted by Gasteiger charge is 2.07. The Morgan fingerprint density at radius 2 is 2.29 bits per heavy atom. The number of aliphatic hydroxyl groups excluding tert-OH is 1. The molecule has 17 heavy (non-hydrogen) atoms. The molecule has 0 radical (unpaired) electrons. The first-order valence-corrected chi connectivity index (χ1v) is 6.48. The monoisotopic (exact) mass is 248 g/mol. The smallest absolute Gasteiger partial charge is 0.101 e. The van der Waals surface area contributed by atoms with Crippen LogP contribution in [0.1, 0.15) is 22.2 Å². The number of nitrogens with zero attached hydrogens (tertiary/aromatic N) is 1. The number of aliphatic hydroxyl groups is 1. The molecule has 3 nitrogen and oxygen atoms in total. The highest BCUT2D eigenvalue weighted by Crippen LogP contribution is 2.17. The molecule has 2 N–H and O–H groups in total. The third kappa shape index (κ3) is 3.36. The normalized spacial score (nSPS) is 12.6. The van der Waals surface area contributed by atoms with Crippen LogP contribution in [0.4, 0.5) is 0 Å². The second kappa shape index (κ2) is 5.91. The minimum atomic E-state index is -0.431. The van der Waals surface area contributed by atoms with Gasteiger partial charge >= 0.3 is 0 Å². The predicted octanol–water partition coefficient (Wildman–Crippen LogP) is 2.27. The molecule has 0 aromatic carbocycles. The van der Waals surface area contributed by atoms with Gasteiger partial charge in [0.25, 0.3) is 0 Å². The number of aryl methyl sites for hydroxylation is 1. The average Bonchev–Trinajstić information content (AvgIpc) is 2.85. The SMILES string of the molecule is Cc1cccnc1CNCC(O)c1cccs1. The molecular formula is C13H16N2OS. The zero-order valence-corrected chi connectivity index (χ0v) is 10.6. The van der Waals surface area contributed by atoms with Gasteiger partial charge in [-0.3, -0.25) is 4.98 Å². The van der Waals surface area contributed by atoms with Crippen molar-refractivity contribution >= 4 is 11.3 Å². The van der Waals surface area contributed by atoms with Crippen LogP contribution in [0, 0.1) is 6.92 Å². The van der Waals surface area contributed by atoms with Crippen molar-refractivity contribution in [3.63, 3.8) is 0 Å². The summed E-state index contributed by atoms with van der Waals surface area (Å²) in [5.74, 6) is 0. The molecule has 1 unspecified atom stereocenters. The van der Waals surface area contributed by atoms with Crippen LogP contribution >= 0.6 is 11.3 Å². The lowest BCUT2D eigenvalue weighted by Crippen LogP contribution is -2.21. The molecular weight excluding hydrogens is 232 g/mol. The van der Waals surface area contributed by atoms with Crippen LogP contribution in [0.15, 0.2) is 35.8 Å². The highest BCUT2D eigenvalue weighted by atomic mass is 32.1. The average molecular weight is 248 g/mol. The Labute approximate surface area is 105 Å². The highest BCUT2D eigenvalue weighted by molar-refractivity contribution is 7.10. The lowest BCUT2D eigenvalue weighted by atomic mass is 10.2. The molecule has 2 aromatic rings. The van der Waals surface area contributed by atoms with Gasteiger partial charge in [0, 0.05) is 24.2 Å². The summed E-state index contributed by atoms with van der Waals surface area (Å²) in [5, 5.41) is 15.1. The first-order valence-electron chi connectivity index (χ1n) is 5.60. The van der Waals surface area contributed by atoms with Crippen molar-refractivity contribution in [2.75, 3.05) is 6.54 Å². The summed E-state index contributed by atoms with van der Waals surface area (Å²) in [7, 11) is 0. The van der Waals surface area contributed by atoms with Crippen molar-refractivity contribution in [1.29, 1.82) is 0 Å². The molecule has 0 fully saturated rings. The van der Waals surface area contributed by atoms with E-state index >= 15 is 0 Å². The summed E-state index contributed by atoms with van der Waals surface area (Å²) in [6.07, 6.45) is 1.36. The Morgan fingerprint density at radius 3 is 3.00 bits per heavy atom. The van der Waals surface area contributed by atoms with Crippen molar-refractivity contribution in [3.05, 3.63) is 52.0 Å². The number of thiophene rings is 1. The molecule has 2 rings (SSSR count). The van der Waals surface area contributed by atoms with Crippen LogP contribution < -0.4 is 5.32 Å². The van der Waals surface area contributed by atoms with Gasteiger partial charge in [0.05, 0.1) is 5.69 Å². The number of hydrogen-bond donors (Lipinski definition) is 2. The Morgan fingerprint density at radius 1 is 1.41 bits per heavy atom. The Hall–Kier alpha value is -1.23. The molecule has 0 aliphatic rings. The molecule has 0 amide bonds. The van der Waals surface area contributed by atoms with Gasteiger partial charge in [-0.15, -0.1) is 11.3 Å². The van der Waals surface area contributed by atoms with Gasteiger partial charge in [0.15, 0.2) is 0 Å². The van der Waals surface area contributed by atoms with Crippen molar-refractivity contribution in [2.24, 2.45) is 0 Å². The van der Waals surface area contributed by atoms with E-state index in [2.05, 4.69) is 10.3 Å². The minimum absolute atomic E-state index is 0.431. The lowest BCUT2D eigenvalue weighted by Gasteiger charge is -2.10. The van der Waals surface area contributed by atoms with Crippen LogP contribution in [0.3, 0.4) is 0 Å². The second-order valence-electron chi connectivity index (χ2n) is 3.93. The maximum atomic E-state index is 9.88. The summed E-state index contributed by atoms with van der Waals surface area (Å²) in [5.41, 5.74) is 2.21. The predicted molar refractivity (Wildman–Crippen MR) is 70.0 cm³/mol. The topological polar surface area (TPSA) is 45.2 Å². The molecule has 0 bridgehead atoms. The second-order valence-corrected chi connectivity index (χ2v) is 4.91. The fourth-order valence-electron chi connectivity index (χ4n) is 1.61. The van der Waals surface area contributed by atoms with E-state index in [1.54, 1.807) is 17.5 Å². The van der Waals surface area contributed by atoms with Gasteiger partial charge in [-0.2, -0.15) is 0 Å². The van der Waals surface area contributed by atoms with Gasteiger partial charge in [-0.05, 0) is 30.0 Å². The molecule has 0 spiro atoms. The lowest BCUT2D eigenvalue weighted by molar-refractivity contribution is 0.178. The number of nitrogens with one attached hydrogen (secondary N) is 1. The maximum Gasteiger partial charge on any atom is 0.101 e. The molecule has 0 saturated heterocycles. The van der Waals surface area contributed by atoms with Gasteiger partial charge in [-0.1, -0.05) is 12.1 Å². The van der Waals surface area contributed by atoms with E-state index in [1.165, 1.54) is 5.56 Å². The molecule has 0 aliphatic carbocycles. The largest absolute Gasteiger partial charge is 0.386 e. The number of aromatic nitrogens is 1. The van der Waals surface area contributed by atoms with Gasteiger partial charge in [0.2, 0.25) is 0 Å². The van der Waals surface area contributed by atoms with Crippen molar-refractivity contribution in [2.45, 2.75) is 19.6 Å². The molecule has 0 aliphatic heterocycles. The van der Waals surface area contributed by atoms with Crippen molar-refractivity contribution < 1.29 is 5.11 Å². The maximum absolute atomic E-state index is 9.88. The van der Waals surface area contributed by atoms with E-state index in [1.807, 2.05) is 36.6 Å². The third-order valence-corrected chi connectivity index (χ3v) is 3.59. The minimum Gasteiger partial charge on any atom is -0.386 e. The Balaban J connectivity index is 1.82. The molecule has 4 heteroatoms. The Kier molecular flexibility index (Phi) is 4.25. The summed E-state index contributed by atoms with van der Waals surface area (Å²) < 4.78 is 0. The fraction of sp³-hybridized carbons (Fsp3) is 0.308. The van der Waals surface area contributed by atoms with Gasteiger partial charge in [-0.25, -0.2) is 0 Å². The molecule has 1 atom stereocenters. The first-order chi connectivity index (χ1) is 8.27. The summed E-state index contributed by atoms with van der Waals surface area (Å²) in [6, 6.07) is 7.87. The number of hydrogen-bond acceptors (Lipinski definition) is 4. The zero-order valence-electron chi connectivity index (χ0n) is 9.76. The first kappa shape index (κ1) is 12.2. The van der Waals surface area contributed by atoms with E-state index in [0.717, 1.165) is 10.6 Å². The molecule has 90 valence electrons. The van der Waals surface area contributed by atoms with Crippen LogP contribution in [0.25, 0.3) is 0 Å². The van der Waals surface area contributed by atoms with E-state index < -0.39 is 6.10 Å². The summed E-state index contributed by atoms with van der Waals surface area (Å²) in [6.45, 7) is 3.28.